The molecule has 18 heavy (non-hydrogen) atoms. The van der Waals surface area contributed by atoms with E-state index in [-0.39, 0.29) is 0 Å². The SMILES string of the molecule is Brc1ccccc1CSSCc1ccccc1Br. The Morgan fingerprint density at radius 1 is 0.667 bits per heavy atom. The summed E-state index contributed by atoms with van der Waals surface area (Å²) in [7, 11) is 3.78. The first-order valence-electron chi connectivity index (χ1n) is 5.48. The standard InChI is InChI=1S/C14H12Br2S2/c15-13-7-3-1-5-11(13)9-17-18-10-12-6-2-4-8-14(12)16/h1-8H,9-10H2. The summed E-state index contributed by atoms with van der Waals surface area (Å²) in [6.45, 7) is 0. The molecule has 0 amide bonds. The third kappa shape index (κ3) is 4.34. The second kappa shape index (κ2) is 7.63. The van der Waals surface area contributed by atoms with Crippen LogP contribution < -0.4 is 0 Å². The Morgan fingerprint density at radius 2 is 1.06 bits per heavy atom. The monoisotopic (exact) mass is 402 g/mol. The van der Waals surface area contributed by atoms with Crippen molar-refractivity contribution in [2.75, 3.05) is 0 Å². The quantitative estimate of drug-likeness (QED) is 0.424. The fourth-order valence-electron chi connectivity index (χ4n) is 1.44. The molecule has 0 saturated carbocycles. The van der Waals surface area contributed by atoms with E-state index in [2.05, 4.69) is 68.3 Å². The van der Waals surface area contributed by atoms with E-state index in [0.29, 0.717) is 0 Å². The molecule has 0 aliphatic heterocycles. The van der Waals surface area contributed by atoms with E-state index in [9.17, 15) is 0 Å². The summed E-state index contributed by atoms with van der Waals surface area (Å²) in [5.74, 6) is 2.05. The second-order valence-electron chi connectivity index (χ2n) is 3.71. The molecule has 2 rings (SSSR count). The largest absolute Gasteiger partial charge is 0.0890 e. The zero-order valence-corrected chi connectivity index (χ0v) is 14.4. The number of halogens is 2. The molecule has 0 nitrogen and oxygen atoms in total. The normalized spacial score (nSPS) is 10.6. The Labute approximate surface area is 133 Å². The van der Waals surface area contributed by atoms with Gasteiger partial charge < -0.3 is 0 Å². The van der Waals surface area contributed by atoms with Crippen LogP contribution in [0.25, 0.3) is 0 Å². The van der Waals surface area contributed by atoms with Gasteiger partial charge in [-0.05, 0) is 23.3 Å². The van der Waals surface area contributed by atoms with Crippen LogP contribution in [-0.2, 0) is 11.5 Å². The van der Waals surface area contributed by atoms with E-state index in [1.807, 2.05) is 33.7 Å². The summed E-state index contributed by atoms with van der Waals surface area (Å²) in [5, 5.41) is 0. The van der Waals surface area contributed by atoms with Gasteiger partial charge in [0.05, 0.1) is 0 Å². The Balaban J connectivity index is 1.80. The molecule has 0 aromatic heterocycles. The summed E-state index contributed by atoms with van der Waals surface area (Å²) in [6, 6.07) is 16.8. The van der Waals surface area contributed by atoms with Crippen molar-refractivity contribution in [2.24, 2.45) is 0 Å². The average molecular weight is 404 g/mol. The van der Waals surface area contributed by atoms with Crippen molar-refractivity contribution in [3.05, 3.63) is 68.6 Å². The maximum absolute atomic E-state index is 3.57. The molecule has 0 bridgehead atoms. The van der Waals surface area contributed by atoms with Crippen LogP contribution in [0, 0.1) is 0 Å². The number of hydrogen-bond acceptors (Lipinski definition) is 2. The smallest absolute Gasteiger partial charge is 0.0300 e. The van der Waals surface area contributed by atoms with Gasteiger partial charge in [0, 0.05) is 20.5 Å². The highest BCUT2D eigenvalue weighted by Crippen LogP contribution is 2.33. The summed E-state index contributed by atoms with van der Waals surface area (Å²) in [6.07, 6.45) is 0. The zero-order chi connectivity index (χ0) is 12.8. The number of rotatable bonds is 5. The minimum atomic E-state index is 1.02. The van der Waals surface area contributed by atoms with Gasteiger partial charge in [-0.3, -0.25) is 0 Å². The molecule has 0 heterocycles. The molecule has 0 saturated heterocycles. The molecule has 0 unspecified atom stereocenters. The summed E-state index contributed by atoms with van der Waals surface area (Å²) in [5.41, 5.74) is 2.70. The molecule has 2 aromatic rings. The van der Waals surface area contributed by atoms with E-state index >= 15 is 0 Å². The number of benzene rings is 2. The van der Waals surface area contributed by atoms with Crippen LogP contribution in [0.3, 0.4) is 0 Å². The lowest BCUT2D eigenvalue weighted by molar-refractivity contribution is 1.38. The molecule has 0 radical (unpaired) electrons. The van der Waals surface area contributed by atoms with Gasteiger partial charge in [-0.1, -0.05) is 89.8 Å². The lowest BCUT2D eigenvalue weighted by atomic mass is 10.2. The van der Waals surface area contributed by atoms with Crippen molar-refractivity contribution in [1.29, 1.82) is 0 Å². The maximum Gasteiger partial charge on any atom is 0.0300 e. The molecule has 0 aliphatic rings. The van der Waals surface area contributed by atoms with Crippen molar-refractivity contribution in [1.82, 2.24) is 0 Å². The molecular formula is C14H12Br2S2. The summed E-state index contributed by atoms with van der Waals surface area (Å²) >= 11 is 7.15. The zero-order valence-electron chi connectivity index (χ0n) is 9.61. The first-order chi connectivity index (χ1) is 8.77. The van der Waals surface area contributed by atoms with E-state index in [4.69, 9.17) is 0 Å². The first kappa shape index (κ1) is 14.5. The predicted molar refractivity (Wildman–Crippen MR) is 90.9 cm³/mol. The molecule has 0 spiro atoms. The fourth-order valence-corrected chi connectivity index (χ4v) is 4.85. The summed E-state index contributed by atoms with van der Waals surface area (Å²) < 4.78 is 2.39. The maximum atomic E-state index is 3.57. The molecule has 0 aliphatic carbocycles. The lowest BCUT2D eigenvalue weighted by Crippen LogP contribution is -1.82. The topological polar surface area (TPSA) is 0 Å². The minimum Gasteiger partial charge on any atom is -0.0890 e. The van der Waals surface area contributed by atoms with E-state index in [1.165, 1.54) is 20.1 Å². The minimum absolute atomic E-state index is 1.02. The highest BCUT2D eigenvalue weighted by atomic mass is 79.9. The van der Waals surface area contributed by atoms with Crippen molar-refractivity contribution < 1.29 is 0 Å². The Kier molecular flexibility index (Phi) is 6.15. The molecule has 2 aromatic carbocycles. The van der Waals surface area contributed by atoms with Crippen molar-refractivity contribution in [3.63, 3.8) is 0 Å². The van der Waals surface area contributed by atoms with E-state index < -0.39 is 0 Å². The van der Waals surface area contributed by atoms with Crippen LogP contribution in [0.5, 0.6) is 0 Å². The molecular weight excluding hydrogens is 392 g/mol. The Hall–Kier alpha value is 0.1000. The lowest BCUT2D eigenvalue weighted by Gasteiger charge is -2.05. The van der Waals surface area contributed by atoms with E-state index in [0.717, 1.165) is 11.5 Å². The third-order valence-electron chi connectivity index (χ3n) is 2.43. The van der Waals surface area contributed by atoms with Crippen LogP contribution in [-0.4, -0.2) is 0 Å². The van der Waals surface area contributed by atoms with Crippen molar-refractivity contribution in [3.8, 4) is 0 Å². The van der Waals surface area contributed by atoms with Crippen LogP contribution in [0.4, 0.5) is 0 Å². The second-order valence-corrected chi connectivity index (χ2v) is 7.88. The van der Waals surface area contributed by atoms with Gasteiger partial charge in [-0.2, -0.15) is 0 Å². The van der Waals surface area contributed by atoms with E-state index in [1.54, 1.807) is 0 Å². The highest BCUT2D eigenvalue weighted by Gasteiger charge is 2.01. The van der Waals surface area contributed by atoms with Crippen LogP contribution in [0.15, 0.2) is 57.5 Å². The van der Waals surface area contributed by atoms with Gasteiger partial charge in [-0.25, -0.2) is 0 Å². The molecule has 0 N–H and O–H groups in total. The number of hydrogen-bond donors (Lipinski definition) is 0. The van der Waals surface area contributed by atoms with Gasteiger partial charge in [0.25, 0.3) is 0 Å². The van der Waals surface area contributed by atoms with Gasteiger partial charge in [-0.15, -0.1) is 0 Å². The average Bonchev–Trinajstić information content (AvgIpc) is 2.38. The van der Waals surface area contributed by atoms with Gasteiger partial charge in [0.2, 0.25) is 0 Å². The summed E-state index contributed by atoms with van der Waals surface area (Å²) in [4.78, 5) is 0. The molecule has 94 valence electrons. The highest BCUT2D eigenvalue weighted by molar-refractivity contribution is 9.10. The van der Waals surface area contributed by atoms with Gasteiger partial charge in [0.1, 0.15) is 0 Å². The van der Waals surface area contributed by atoms with Crippen LogP contribution in [0.2, 0.25) is 0 Å². The molecule has 0 fully saturated rings. The molecule has 4 heteroatoms. The van der Waals surface area contributed by atoms with Crippen molar-refractivity contribution in [2.45, 2.75) is 11.5 Å². The third-order valence-corrected chi connectivity index (χ3v) is 6.21. The first-order valence-corrected chi connectivity index (χ1v) is 9.56. The fraction of sp³-hybridized carbons (Fsp3) is 0.143. The predicted octanol–water partition coefficient (Wildman–Crippen LogP) is 6.29. The Morgan fingerprint density at radius 3 is 1.44 bits per heavy atom. The van der Waals surface area contributed by atoms with Crippen LogP contribution in [0.1, 0.15) is 11.1 Å². The van der Waals surface area contributed by atoms with Crippen LogP contribution >= 0.6 is 53.4 Å². The Bertz CT molecular complexity index is 467. The van der Waals surface area contributed by atoms with Crippen molar-refractivity contribution >= 4 is 53.4 Å². The van der Waals surface area contributed by atoms with Gasteiger partial charge in [0.15, 0.2) is 0 Å². The van der Waals surface area contributed by atoms with Gasteiger partial charge >= 0.3 is 0 Å². The molecule has 0 atom stereocenters.